The van der Waals surface area contributed by atoms with Gasteiger partial charge < -0.3 is 14.4 Å². The average Bonchev–Trinajstić information content (AvgIpc) is 3.72. The van der Waals surface area contributed by atoms with Crippen LogP contribution in [0.3, 0.4) is 0 Å². The first-order chi connectivity index (χ1) is 32.8. The standard InChI is InChI=1S/C62H40BN3/c1-4-20-41(21-5-1)60-48-28-10-12-30-50(48)61(51-31-13-11-29-49(51)60)42-38-58-62-59(39-42)65(44-24-8-3-9-25-44)57-40-45(66-54-33-17-14-26-46(54)47-27-15-18-34-55(47)66)36-37-53(57)63(62)52-32-16-19-35-56(52)64(58)43-22-6-2-7-23-43/h1-40H. The Hall–Kier alpha value is -8.60. The molecule has 2 aliphatic rings. The van der Waals surface area contributed by atoms with Crippen LogP contribution < -0.4 is 26.2 Å². The maximum absolute atomic E-state index is 2.55. The molecule has 0 spiro atoms. The lowest BCUT2D eigenvalue weighted by Gasteiger charge is -2.44. The molecule has 0 saturated carbocycles. The molecule has 0 N–H and O–H groups in total. The van der Waals surface area contributed by atoms with Crippen molar-refractivity contribution in [1.29, 1.82) is 0 Å². The molecule has 12 aromatic rings. The van der Waals surface area contributed by atoms with Gasteiger partial charge in [-0.1, -0.05) is 176 Å². The van der Waals surface area contributed by atoms with Crippen LogP contribution in [0.1, 0.15) is 0 Å². The van der Waals surface area contributed by atoms with Crippen LogP contribution in [0.25, 0.3) is 71.3 Å². The first kappa shape index (κ1) is 36.8. The average molecular weight is 838 g/mol. The SMILES string of the molecule is c1ccc(-c2c3ccccc3c(-c3cc4c5c(c3)N(c3ccccc3)c3cc(-n6c7ccccc7c7ccccc76)ccc3B5c3ccccc3N4c3ccccc3)c3ccccc23)cc1. The van der Waals surface area contributed by atoms with E-state index in [0.717, 1.165) is 17.1 Å². The molecule has 0 fully saturated rings. The molecular weight excluding hydrogens is 798 g/mol. The highest BCUT2D eigenvalue weighted by molar-refractivity contribution is 7.00. The number of fused-ring (bicyclic) bond motifs is 9. The number of anilines is 6. The molecule has 306 valence electrons. The molecule has 0 radical (unpaired) electrons. The quantitative estimate of drug-likeness (QED) is 0.126. The highest BCUT2D eigenvalue weighted by atomic mass is 15.2. The molecule has 66 heavy (non-hydrogen) atoms. The summed E-state index contributed by atoms with van der Waals surface area (Å²) in [5.74, 6) is 0. The van der Waals surface area contributed by atoms with Crippen LogP contribution >= 0.6 is 0 Å². The van der Waals surface area contributed by atoms with E-state index in [1.165, 1.54) is 105 Å². The van der Waals surface area contributed by atoms with E-state index in [4.69, 9.17) is 0 Å². The zero-order valence-corrected chi connectivity index (χ0v) is 36.0. The number of para-hydroxylation sites is 5. The molecule has 1 aromatic heterocycles. The van der Waals surface area contributed by atoms with Gasteiger partial charge in [-0.05, 0) is 127 Å². The van der Waals surface area contributed by atoms with Crippen LogP contribution in [0.4, 0.5) is 34.1 Å². The van der Waals surface area contributed by atoms with Crippen molar-refractivity contribution in [3.8, 4) is 27.9 Å². The first-order valence-electron chi connectivity index (χ1n) is 22.9. The predicted octanol–water partition coefficient (Wildman–Crippen LogP) is 14.5. The van der Waals surface area contributed by atoms with Crippen LogP contribution in [-0.4, -0.2) is 11.3 Å². The van der Waals surface area contributed by atoms with Gasteiger partial charge in [0.2, 0.25) is 0 Å². The topological polar surface area (TPSA) is 11.4 Å². The van der Waals surface area contributed by atoms with Gasteiger partial charge in [-0.25, -0.2) is 0 Å². The summed E-state index contributed by atoms with van der Waals surface area (Å²) in [6.07, 6.45) is 0. The van der Waals surface area contributed by atoms with Crippen LogP contribution in [0.15, 0.2) is 243 Å². The minimum atomic E-state index is -0.0173. The Morgan fingerprint density at radius 3 is 1.26 bits per heavy atom. The van der Waals surface area contributed by atoms with E-state index in [1.807, 2.05) is 0 Å². The summed E-state index contributed by atoms with van der Waals surface area (Å²) in [5.41, 5.74) is 19.3. The molecule has 0 atom stereocenters. The van der Waals surface area contributed by atoms with Gasteiger partial charge in [-0.2, -0.15) is 0 Å². The van der Waals surface area contributed by atoms with Crippen LogP contribution in [0.2, 0.25) is 0 Å². The molecule has 11 aromatic carbocycles. The fraction of sp³-hybridized carbons (Fsp3) is 0. The van der Waals surface area contributed by atoms with Crippen molar-refractivity contribution in [2.24, 2.45) is 0 Å². The van der Waals surface area contributed by atoms with E-state index in [2.05, 4.69) is 257 Å². The monoisotopic (exact) mass is 837 g/mol. The van der Waals surface area contributed by atoms with E-state index >= 15 is 0 Å². The summed E-state index contributed by atoms with van der Waals surface area (Å²) >= 11 is 0. The third-order valence-corrected chi connectivity index (χ3v) is 14.1. The van der Waals surface area contributed by atoms with E-state index in [1.54, 1.807) is 0 Å². The molecule has 0 aliphatic carbocycles. The summed E-state index contributed by atoms with van der Waals surface area (Å²) in [4.78, 5) is 5.06. The third-order valence-electron chi connectivity index (χ3n) is 14.1. The van der Waals surface area contributed by atoms with Gasteiger partial charge in [-0.15, -0.1) is 0 Å². The number of benzene rings is 11. The molecule has 3 heterocycles. The van der Waals surface area contributed by atoms with Crippen molar-refractivity contribution >= 4 is 101 Å². The summed E-state index contributed by atoms with van der Waals surface area (Å²) in [6.45, 7) is -0.0173. The number of hydrogen-bond donors (Lipinski definition) is 0. The number of aromatic nitrogens is 1. The summed E-state index contributed by atoms with van der Waals surface area (Å²) in [5, 5.41) is 7.46. The van der Waals surface area contributed by atoms with E-state index in [-0.39, 0.29) is 6.71 Å². The Balaban J connectivity index is 1.12. The van der Waals surface area contributed by atoms with Gasteiger partial charge in [0.05, 0.1) is 11.0 Å². The van der Waals surface area contributed by atoms with Crippen molar-refractivity contribution < 1.29 is 0 Å². The molecule has 14 rings (SSSR count). The Morgan fingerprint density at radius 2 is 0.697 bits per heavy atom. The summed E-state index contributed by atoms with van der Waals surface area (Å²) in [7, 11) is 0. The molecule has 0 saturated heterocycles. The van der Waals surface area contributed by atoms with Gasteiger partial charge in [-0.3, -0.25) is 0 Å². The van der Waals surface area contributed by atoms with Gasteiger partial charge in [0.1, 0.15) is 0 Å². The van der Waals surface area contributed by atoms with Crippen molar-refractivity contribution in [2.75, 3.05) is 9.80 Å². The second kappa shape index (κ2) is 14.5. The lowest BCUT2D eigenvalue weighted by molar-refractivity contribution is 1.17. The van der Waals surface area contributed by atoms with Crippen LogP contribution in [-0.2, 0) is 0 Å². The fourth-order valence-corrected chi connectivity index (χ4v) is 11.5. The maximum Gasteiger partial charge on any atom is 0.252 e. The van der Waals surface area contributed by atoms with Crippen LogP contribution in [0, 0.1) is 0 Å². The molecular formula is C62H40BN3. The van der Waals surface area contributed by atoms with Crippen molar-refractivity contribution in [3.05, 3.63) is 243 Å². The molecule has 4 heteroatoms. The van der Waals surface area contributed by atoms with E-state index in [9.17, 15) is 0 Å². The highest BCUT2D eigenvalue weighted by Crippen LogP contribution is 2.50. The second-order valence-electron chi connectivity index (χ2n) is 17.6. The summed E-state index contributed by atoms with van der Waals surface area (Å²) < 4.78 is 2.45. The van der Waals surface area contributed by atoms with E-state index in [0.29, 0.717) is 0 Å². The Kier molecular flexibility index (Phi) is 8.08. The largest absolute Gasteiger partial charge is 0.311 e. The molecule has 0 bridgehead atoms. The molecule has 0 amide bonds. The van der Waals surface area contributed by atoms with Gasteiger partial charge in [0.25, 0.3) is 6.71 Å². The molecule has 3 nitrogen and oxygen atoms in total. The number of rotatable bonds is 5. The number of nitrogens with zero attached hydrogens (tertiary/aromatic N) is 3. The molecule has 0 unspecified atom stereocenters. The minimum Gasteiger partial charge on any atom is -0.311 e. The minimum absolute atomic E-state index is 0.0173. The summed E-state index contributed by atoms with van der Waals surface area (Å²) in [6, 6.07) is 89.7. The zero-order valence-electron chi connectivity index (χ0n) is 36.0. The Bertz CT molecular complexity index is 3790. The lowest BCUT2D eigenvalue weighted by atomic mass is 9.33. The highest BCUT2D eigenvalue weighted by Gasteiger charge is 2.44. The van der Waals surface area contributed by atoms with Gasteiger partial charge in [0, 0.05) is 50.6 Å². The van der Waals surface area contributed by atoms with Gasteiger partial charge >= 0.3 is 0 Å². The lowest BCUT2D eigenvalue weighted by Crippen LogP contribution is -2.61. The van der Waals surface area contributed by atoms with Crippen molar-refractivity contribution in [2.45, 2.75) is 0 Å². The number of hydrogen-bond acceptors (Lipinski definition) is 2. The predicted molar refractivity (Wildman–Crippen MR) is 281 cm³/mol. The fourth-order valence-electron chi connectivity index (χ4n) is 11.5. The van der Waals surface area contributed by atoms with Crippen LogP contribution in [0.5, 0.6) is 0 Å². The molecule has 2 aliphatic heterocycles. The van der Waals surface area contributed by atoms with Crippen molar-refractivity contribution in [3.63, 3.8) is 0 Å². The normalized spacial score (nSPS) is 12.8. The maximum atomic E-state index is 2.55. The first-order valence-corrected chi connectivity index (χ1v) is 22.9. The van der Waals surface area contributed by atoms with Gasteiger partial charge in [0.15, 0.2) is 0 Å². The Labute approximate surface area is 383 Å². The third kappa shape index (κ3) is 5.33. The Morgan fingerprint density at radius 1 is 0.273 bits per heavy atom. The second-order valence-corrected chi connectivity index (χ2v) is 17.6. The zero-order chi connectivity index (χ0) is 43.3. The van der Waals surface area contributed by atoms with Crippen molar-refractivity contribution in [1.82, 2.24) is 4.57 Å². The smallest absolute Gasteiger partial charge is 0.252 e. The van der Waals surface area contributed by atoms with E-state index < -0.39 is 0 Å².